The highest BCUT2D eigenvalue weighted by atomic mass is 16.3. The molecule has 0 unspecified atom stereocenters. The lowest BCUT2D eigenvalue weighted by Gasteiger charge is -2.28. The Labute approximate surface area is 108 Å². The van der Waals surface area contributed by atoms with Crippen molar-refractivity contribution in [1.82, 2.24) is 0 Å². The summed E-state index contributed by atoms with van der Waals surface area (Å²) in [6.45, 7) is 6.07. The van der Waals surface area contributed by atoms with Crippen LogP contribution in [-0.2, 0) is 4.79 Å². The van der Waals surface area contributed by atoms with Gasteiger partial charge in [0.05, 0.1) is 5.41 Å². The highest BCUT2D eigenvalue weighted by molar-refractivity contribution is 5.95. The van der Waals surface area contributed by atoms with E-state index in [-0.39, 0.29) is 11.7 Å². The molecule has 18 heavy (non-hydrogen) atoms. The van der Waals surface area contributed by atoms with Crippen LogP contribution in [-0.4, -0.2) is 17.6 Å². The van der Waals surface area contributed by atoms with Crippen molar-refractivity contribution in [3.8, 4) is 5.75 Å². The van der Waals surface area contributed by atoms with Crippen molar-refractivity contribution >= 4 is 11.6 Å². The second-order valence-electron chi connectivity index (χ2n) is 4.65. The number of hydrogen-bond acceptors (Lipinski definition) is 3. The van der Waals surface area contributed by atoms with Crippen LogP contribution in [0.15, 0.2) is 18.2 Å². The monoisotopic (exact) mass is 250 g/mol. The molecule has 1 aromatic rings. The Hall–Kier alpha value is -1.55. The minimum atomic E-state index is -0.508. The van der Waals surface area contributed by atoms with E-state index in [4.69, 9.17) is 5.73 Å². The first-order chi connectivity index (χ1) is 8.49. The topological polar surface area (TPSA) is 75.4 Å². The molecule has 0 saturated heterocycles. The number of nitrogens with two attached hydrogens (primary N) is 1. The standard InChI is InChI=1S/C14H22N2O2/c1-4-14(5-2,9-15)13(18)16-11-6-7-12(17)10(3)8-11/h6-8,17H,4-5,9,15H2,1-3H3,(H,16,18). The Morgan fingerprint density at radius 1 is 1.39 bits per heavy atom. The van der Waals surface area contributed by atoms with Gasteiger partial charge in [-0.3, -0.25) is 4.79 Å². The van der Waals surface area contributed by atoms with Crippen molar-refractivity contribution in [2.24, 2.45) is 11.1 Å². The first-order valence-electron chi connectivity index (χ1n) is 6.30. The van der Waals surface area contributed by atoms with Crippen molar-refractivity contribution in [1.29, 1.82) is 0 Å². The van der Waals surface area contributed by atoms with Gasteiger partial charge in [-0.1, -0.05) is 13.8 Å². The van der Waals surface area contributed by atoms with Crippen LogP contribution in [0.5, 0.6) is 5.75 Å². The zero-order valence-corrected chi connectivity index (χ0v) is 11.3. The number of carbonyl (C=O) groups is 1. The SMILES string of the molecule is CCC(CC)(CN)C(=O)Nc1ccc(O)c(C)c1. The predicted octanol–water partition coefficient (Wildman–Crippen LogP) is 2.40. The van der Waals surface area contributed by atoms with Gasteiger partial charge in [0.15, 0.2) is 0 Å². The fraction of sp³-hybridized carbons (Fsp3) is 0.500. The van der Waals surface area contributed by atoms with Crippen molar-refractivity contribution in [3.05, 3.63) is 23.8 Å². The smallest absolute Gasteiger partial charge is 0.231 e. The number of anilines is 1. The predicted molar refractivity (Wildman–Crippen MR) is 73.5 cm³/mol. The van der Waals surface area contributed by atoms with Gasteiger partial charge in [0.25, 0.3) is 0 Å². The molecule has 4 N–H and O–H groups in total. The summed E-state index contributed by atoms with van der Waals surface area (Å²) in [7, 11) is 0. The van der Waals surface area contributed by atoms with Gasteiger partial charge in [0, 0.05) is 12.2 Å². The fourth-order valence-corrected chi connectivity index (χ4v) is 1.95. The number of hydrogen-bond donors (Lipinski definition) is 3. The molecule has 0 heterocycles. The normalized spacial score (nSPS) is 11.3. The van der Waals surface area contributed by atoms with Crippen molar-refractivity contribution in [2.75, 3.05) is 11.9 Å². The first kappa shape index (κ1) is 14.5. The van der Waals surface area contributed by atoms with Crippen LogP contribution < -0.4 is 11.1 Å². The van der Waals surface area contributed by atoms with Gasteiger partial charge < -0.3 is 16.2 Å². The maximum Gasteiger partial charge on any atom is 0.231 e. The first-order valence-corrected chi connectivity index (χ1v) is 6.30. The molecule has 1 amide bonds. The van der Waals surface area contributed by atoms with E-state index in [1.807, 2.05) is 13.8 Å². The van der Waals surface area contributed by atoms with E-state index in [9.17, 15) is 9.90 Å². The summed E-state index contributed by atoms with van der Waals surface area (Å²) in [5, 5.41) is 12.3. The maximum atomic E-state index is 12.3. The Bertz CT molecular complexity index is 418. The van der Waals surface area contributed by atoms with E-state index in [0.717, 1.165) is 5.56 Å². The molecule has 4 heteroatoms. The minimum absolute atomic E-state index is 0.0555. The van der Waals surface area contributed by atoms with Gasteiger partial charge in [-0.15, -0.1) is 0 Å². The van der Waals surface area contributed by atoms with Crippen LogP contribution in [0.3, 0.4) is 0 Å². The summed E-state index contributed by atoms with van der Waals surface area (Å²) in [6.07, 6.45) is 1.42. The van der Waals surface area contributed by atoms with Gasteiger partial charge >= 0.3 is 0 Å². The molecule has 0 aliphatic rings. The summed E-state index contributed by atoms with van der Waals surface area (Å²) >= 11 is 0. The molecule has 0 saturated carbocycles. The lowest BCUT2D eigenvalue weighted by atomic mass is 9.81. The molecule has 100 valence electrons. The molecule has 4 nitrogen and oxygen atoms in total. The Balaban J connectivity index is 2.89. The summed E-state index contributed by atoms with van der Waals surface area (Å²) in [5.74, 6) is 0.171. The number of rotatable bonds is 5. The molecular weight excluding hydrogens is 228 g/mol. The average Bonchev–Trinajstić information content (AvgIpc) is 2.37. The number of carbonyl (C=O) groups excluding carboxylic acids is 1. The third-order valence-corrected chi connectivity index (χ3v) is 3.68. The number of aromatic hydroxyl groups is 1. The molecule has 0 aromatic heterocycles. The highest BCUT2D eigenvalue weighted by Crippen LogP contribution is 2.28. The quantitative estimate of drug-likeness (QED) is 0.702. The summed E-state index contributed by atoms with van der Waals surface area (Å²) in [4.78, 5) is 12.3. The van der Waals surface area contributed by atoms with E-state index in [0.29, 0.717) is 25.1 Å². The van der Waals surface area contributed by atoms with E-state index in [1.54, 1.807) is 25.1 Å². The maximum absolute atomic E-state index is 12.3. The van der Waals surface area contributed by atoms with Crippen LogP contribution in [0.2, 0.25) is 0 Å². The van der Waals surface area contributed by atoms with E-state index < -0.39 is 5.41 Å². The van der Waals surface area contributed by atoms with Gasteiger partial charge in [-0.25, -0.2) is 0 Å². The number of nitrogens with one attached hydrogen (secondary N) is 1. The molecule has 1 rings (SSSR count). The molecule has 0 radical (unpaired) electrons. The second kappa shape index (κ2) is 5.87. The van der Waals surface area contributed by atoms with Crippen LogP contribution in [0.25, 0.3) is 0 Å². The average molecular weight is 250 g/mol. The third-order valence-electron chi connectivity index (χ3n) is 3.68. The molecule has 0 fully saturated rings. The summed E-state index contributed by atoms with van der Waals surface area (Å²) in [5.41, 5.74) is 6.65. The highest BCUT2D eigenvalue weighted by Gasteiger charge is 2.33. The van der Waals surface area contributed by atoms with E-state index in [1.165, 1.54) is 0 Å². The van der Waals surface area contributed by atoms with Crippen molar-refractivity contribution in [2.45, 2.75) is 33.6 Å². The molecule has 0 bridgehead atoms. The zero-order chi connectivity index (χ0) is 13.8. The lowest BCUT2D eigenvalue weighted by molar-refractivity contribution is -0.125. The summed E-state index contributed by atoms with van der Waals surface area (Å²) in [6, 6.07) is 5.01. The zero-order valence-electron chi connectivity index (χ0n) is 11.3. The van der Waals surface area contributed by atoms with Gasteiger partial charge in [0.1, 0.15) is 5.75 Å². The fourth-order valence-electron chi connectivity index (χ4n) is 1.95. The minimum Gasteiger partial charge on any atom is -0.508 e. The second-order valence-corrected chi connectivity index (χ2v) is 4.65. The molecular formula is C14H22N2O2. The molecule has 1 aromatic carbocycles. The van der Waals surface area contributed by atoms with Crippen molar-refractivity contribution < 1.29 is 9.90 Å². The van der Waals surface area contributed by atoms with Crippen LogP contribution in [0.4, 0.5) is 5.69 Å². The van der Waals surface area contributed by atoms with Crippen LogP contribution in [0, 0.1) is 12.3 Å². The Morgan fingerprint density at radius 2 is 2.00 bits per heavy atom. The van der Waals surface area contributed by atoms with E-state index >= 15 is 0 Å². The third kappa shape index (κ3) is 2.82. The number of amides is 1. The van der Waals surface area contributed by atoms with Crippen LogP contribution in [0.1, 0.15) is 32.3 Å². The molecule has 0 aliphatic carbocycles. The van der Waals surface area contributed by atoms with Gasteiger partial charge in [0.2, 0.25) is 5.91 Å². The van der Waals surface area contributed by atoms with Gasteiger partial charge in [-0.2, -0.15) is 0 Å². The van der Waals surface area contributed by atoms with Gasteiger partial charge in [-0.05, 0) is 43.5 Å². The number of phenolic OH excluding ortho intramolecular Hbond substituents is 1. The Morgan fingerprint density at radius 3 is 2.44 bits per heavy atom. The number of phenols is 1. The molecule has 0 aliphatic heterocycles. The number of aryl methyl sites for hydroxylation is 1. The summed E-state index contributed by atoms with van der Waals surface area (Å²) < 4.78 is 0. The molecule has 0 atom stereocenters. The van der Waals surface area contributed by atoms with E-state index in [2.05, 4.69) is 5.32 Å². The number of benzene rings is 1. The largest absolute Gasteiger partial charge is 0.508 e. The Kier molecular flexibility index (Phi) is 4.73. The van der Waals surface area contributed by atoms with Crippen molar-refractivity contribution in [3.63, 3.8) is 0 Å². The molecule has 0 spiro atoms. The lowest BCUT2D eigenvalue weighted by Crippen LogP contribution is -2.41. The van der Waals surface area contributed by atoms with Crippen LogP contribution >= 0.6 is 0 Å².